The van der Waals surface area contributed by atoms with E-state index < -0.39 is 0 Å². The minimum atomic E-state index is -0.00130. The molecule has 0 spiro atoms. The summed E-state index contributed by atoms with van der Waals surface area (Å²) in [7, 11) is 0. The maximum atomic E-state index is 12.7. The number of rotatable bonds is 6. The fraction of sp³-hybridized carbons (Fsp3) is 0.462. The molecule has 3 rings (SSSR count). The van der Waals surface area contributed by atoms with Crippen molar-refractivity contribution < 1.29 is 9.59 Å². The number of benzene rings is 2. The Morgan fingerprint density at radius 1 is 0.571 bits per heavy atom. The molecule has 2 amide bonds. The lowest BCUT2D eigenvalue weighted by Crippen LogP contribution is -2.43. The highest BCUT2D eigenvalue weighted by Crippen LogP contribution is 2.12. The fourth-order valence-electron chi connectivity index (χ4n) is 3.60. The molecular weight excluding hydrogens is 497 g/mol. The van der Waals surface area contributed by atoms with Crippen LogP contribution in [0.25, 0.3) is 0 Å². The molecule has 1 aliphatic rings. The summed E-state index contributed by atoms with van der Waals surface area (Å²) in [6.45, 7) is 3.92. The molecule has 6 nitrogen and oxygen atoms in total. The van der Waals surface area contributed by atoms with Gasteiger partial charge in [0.05, 0.1) is 13.1 Å². The van der Waals surface area contributed by atoms with Crippen molar-refractivity contribution in [2.45, 2.75) is 0 Å². The topological polar surface area (TPSA) is 64.7 Å². The molecule has 9 heteroatoms. The van der Waals surface area contributed by atoms with Crippen LogP contribution in [-0.2, 0) is 9.59 Å². The number of amides is 2. The lowest BCUT2D eigenvalue weighted by atomic mass is 10.3. The van der Waals surface area contributed by atoms with Gasteiger partial charge in [-0.2, -0.15) is 35.3 Å². The number of anilines is 2. The molecule has 1 aliphatic heterocycles. The van der Waals surface area contributed by atoms with E-state index in [1.807, 2.05) is 95.9 Å². The summed E-state index contributed by atoms with van der Waals surface area (Å²) in [4.78, 5) is 29.9. The lowest BCUT2D eigenvalue weighted by Gasteiger charge is -2.27. The van der Waals surface area contributed by atoms with Crippen LogP contribution >= 0.6 is 35.3 Å². The zero-order valence-electron chi connectivity index (χ0n) is 20.2. The van der Waals surface area contributed by atoms with Crippen molar-refractivity contribution in [2.75, 3.05) is 84.4 Å². The van der Waals surface area contributed by atoms with E-state index in [-0.39, 0.29) is 11.8 Å². The zero-order valence-corrected chi connectivity index (χ0v) is 22.6. The quantitative estimate of drug-likeness (QED) is 0.581. The van der Waals surface area contributed by atoms with Crippen LogP contribution in [0.3, 0.4) is 0 Å². The largest absolute Gasteiger partial charge is 0.325 e. The van der Waals surface area contributed by atoms with Crippen molar-refractivity contribution in [3.05, 3.63) is 60.7 Å². The summed E-state index contributed by atoms with van der Waals surface area (Å²) in [6.07, 6.45) is 0. The molecule has 2 N–H and O–H groups in total. The Labute approximate surface area is 222 Å². The zero-order chi connectivity index (χ0) is 24.6. The van der Waals surface area contributed by atoms with Gasteiger partial charge in [-0.15, -0.1) is 0 Å². The first-order valence-corrected chi connectivity index (χ1v) is 15.5. The van der Waals surface area contributed by atoms with Gasteiger partial charge in [0.25, 0.3) is 0 Å². The molecule has 0 saturated carbocycles. The lowest BCUT2D eigenvalue weighted by molar-refractivity contribution is -0.118. The van der Waals surface area contributed by atoms with Crippen molar-refractivity contribution in [3.8, 4) is 0 Å². The minimum Gasteiger partial charge on any atom is -0.325 e. The predicted octanol–water partition coefficient (Wildman–Crippen LogP) is 4.08. The SMILES string of the molecule is O=C(CN1CCSCCSCCSCCN(CC(=O)Nc2ccccc2)CC1)Nc1ccccc1. The van der Waals surface area contributed by atoms with Gasteiger partial charge in [0.15, 0.2) is 0 Å². The van der Waals surface area contributed by atoms with Crippen LogP contribution < -0.4 is 10.6 Å². The second-order valence-corrected chi connectivity index (χ2v) is 11.9. The molecule has 0 radical (unpaired) electrons. The highest BCUT2D eigenvalue weighted by Gasteiger charge is 2.16. The summed E-state index contributed by atoms with van der Waals surface area (Å²) in [5, 5.41) is 6.00. The summed E-state index contributed by atoms with van der Waals surface area (Å²) < 4.78 is 0. The number of para-hydroxylation sites is 2. The van der Waals surface area contributed by atoms with Crippen LogP contribution in [0.2, 0.25) is 0 Å². The number of nitrogens with one attached hydrogen (secondary N) is 2. The normalized spacial score (nSPS) is 17.6. The first kappa shape index (κ1) is 27.9. The van der Waals surface area contributed by atoms with Gasteiger partial charge in [0.1, 0.15) is 0 Å². The van der Waals surface area contributed by atoms with E-state index in [9.17, 15) is 9.59 Å². The third-order valence-corrected chi connectivity index (χ3v) is 8.86. The van der Waals surface area contributed by atoms with Crippen LogP contribution in [0.1, 0.15) is 0 Å². The van der Waals surface area contributed by atoms with Gasteiger partial charge in [-0.1, -0.05) is 36.4 Å². The maximum Gasteiger partial charge on any atom is 0.238 e. The van der Waals surface area contributed by atoms with Crippen molar-refractivity contribution in [3.63, 3.8) is 0 Å². The molecule has 0 aliphatic carbocycles. The van der Waals surface area contributed by atoms with Crippen LogP contribution in [0.15, 0.2) is 60.7 Å². The average Bonchev–Trinajstić information content (AvgIpc) is 2.86. The first-order chi connectivity index (χ1) is 17.2. The Bertz CT molecular complexity index is 802. The van der Waals surface area contributed by atoms with E-state index in [4.69, 9.17) is 0 Å². The Morgan fingerprint density at radius 2 is 0.943 bits per heavy atom. The van der Waals surface area contributed by atoms with Crippen LogP contribution in [-0.4, -0.2) is 95.4 Å². The monoisotopic (exact) mass is 532 g/mol. The Balaban J connectivity index is 1.57. The van der Waals surface area contributed by atoms with E-state index in [1.165, 1.54) is 11.5 Å². The van der Waals surface area contributed by atoms with Gasteiger partial charge in [0.2, 0.25) is 11.8 Å². The summed E-state index contributed by atoms with van der Waals surface area (Å²) in [5.74, 6) is 6.63. The summed E-state index contributed by atoms with van der Waals surface area (Å²) >= 11 is 5.92. The fourth-order valence-corrected chi connectivity index (χ4v) is 6.87. The predicted molar refractivity (Wildman–Crippen MR) is 155 cm³/mol. The number of carbonyl (C=O) groups is 2. The minimum absolute atomic E-state index is 0.00130. The van der Waals surface area contributed by atoms with Gasteiger partial charge in [-0.3, -0.25) is 19.4 Å². The number of carbonyl (C=O) groups excluding carboxylic acids is 2. The maximum absolute atomic E-state index is 12.7. The highest BCUT2D eigenvalue weighted by atomic mass is 32.2. The molecule has 190 valence electrons. The first-order valence-electron chi connectivity index (χ1n) is 12.1. The van der Waals surface area contributed by atoms with Crippen molar-refractivity contribution in [1.82, 2.24) is 9.80 Å². The molecule has 35 heavy (non-hydrogen) atoms. The molecule has 0 unspecified atom stereocenters. The van der Waals surface area contributed by atoms with Crippen molar-refractivity contribution in [2.24, 2.45) is 0 Å². The van der Waals surface area contributed by atoms with Gasteiger partial charge in [-0.05, 0) is 24.3 Å². The van der Waals surface area contributed by atoms with Crippen molar-refractivity contribution in [1.29, 1.82) is 0 Å². The highest BCUT2D eigenvalue weighted by molar-refractivity contribution is 8.04. The van der Waals surface area contributed by atoms with Gasteiger partial charge in [-0.25, -0.2) is 0 Å². The van der Waals surface area contributed by atoms with E-state index in [0.717, 1.165) is 60.6 Å². The van der Waals surface area contributed by atoms with E-state index in [2.05, 4.69) is 20.4 Å². The number of hydrogen-bond acceptors (Lipinski definition) is 7. The van der Waals surface area contributed by atoms with Crippen LogP contribution in [0.5, 0.6) is 0 Å². The molecular formula is C26H36N4O2S3. The third-order valence-electron chi connectivity index (χ3n) is 5.43. The molecule has 0 aromatic heterocycles. The average molecular weight is 533 g/mol. The standard InChI is InChI=1S/C26H36N4O2S3/c31-25(27-23-7-3-1-4-8-23)21-29-11-12-30(22-26(32)28-24-9-5-2-6-10-24)14-16-34-18-20-35-19-17-33-15-13-29/h1-10H,11-22H2,(H,27,31)(H,28,32). The summed E-state index contributed by atoms with van der Waals surface area (Å²) in [5.41, 5.74) is 1.64. The molecule has 0 atom stereocenters. The second kappa shape index (κ2) is 16.9. The van der Waals surface area contributed by atoms with Crippen LogP contribution in [0, 0.1) is 0 Å². The smallest absolute Gasteiger partial charge is 0.238 e. The number of nitrogens with zero attached hydrogens (tertiary/aromatic N) is 2. The van der Waals surface area contributed by atoms with Gasteiger partial charge < -0.3 is 10.6 Å². The molecule has 2 aromatic rings. The molecule has 0 bridgehead atoms. The Kier molecular flexibility index (Phi) is 13.5. The van der Waals surface area contributed by atoms with Gasteiger partial charge in [0, 0.05) is 72.1 Å². The third kappa shape index (κ3) is 12.2. The molecule has 1 heterocycles. The van der Waals surface area contributed by atoms with E-state index >= 15 is 0 Å². The van der Waals surface area contributed by atoms with Crippen LogP contribution in [0.4, 0.5) is 11.4 Å². The molecule has 1 fully saturated rings. The molecule has 2 aromatic carbocycles. The van der Waals surface area contributed by atoms with E-state index in [1.54, 1.807) is 0 Å². The Hall–Kier alpha value is -1.65. The number of thioether (sulfide) groups is 3. The van der Waals surface area contributed by atoms with Gasteiger partial charge >= 0.3 is 0 Å². The second-order valence-electron chi connectivity index (χ2n) is 8.22. The molecule has 1 saturated heterocycles. The van der Waals surface area contributed by atoms with Crippen molar-refractivity contribution >= 4 is 58.5 Å². The van der Waals surface area contributed by atoms with E-state index in [0.29, 0.717) is 13.1 Å². The Morgan fingerprint density at radius 3 is 1.34 bits per heavy atom. The number of hydrogen-bond donors (Lipinski definition) is 2. The summed E-state index contributed by atoms with van der Waals surface area (Å²) in [6, 6.07) is 19.2.